The average molecular weight is 463 g/mol. The first-order chi connectivity index (χ1) is 15.0. The molecule has 0 unspecified atom stereocenters. The SMILES string of the molecule is CNC(=O)C(C)(C)NC(=O)C(=O)c1c(C)c(C(=O)Nc2ccc(F)c(Cl)c2)n2c1CCC2. The number of aromatic nitrogens is 1. The molecule has 8 nitrogen and oxygen atoms in total. The number of likely N-dealkylation sites (N-methyl/N-ethyl adjacent to an activating group) is 1. The summed E-state index contributed by atoms with van der Waals surface area (Å²) in [4.78, 5) is 50.7. The standard InChI is InChI=1S/C22H24ClFN4O4/c1-11-16(18(29)20(31)27-22(2,3)21(32)25-4)15-6-5-9-28(15)17(11)19(30)26-12-7-8-14(24)13(23)10-12/h7-8,10H,5-6,9H2,1-4H3,(H,25,32)(H,26,30)(H,27,31). The molecule has 1 aromatic carbocycles. The molecule has 32 heavy (non-hydrogen) atoms. The maximum atomic E-state index is 13.4. The summed E-state index contributed by atoms with van der Waals surface area (Å²) in [5.74, 6) is -3.30. The van der Waals surface area contributed by atoms with Crippen LogP contribution in [0.25, 0.3) is 0 Å². The third-order valence-electron chi connectivity index (χ3n) is 5.46. The van der Waals surface area contributed by atoms with Gasteiger partial charge in [0.1, 0.15) is 17.1 Å². The minimum atomic E-state index is -1.29. The van der Waals surface area contributed by atoms with Gasteiger partial charge in [-0.05, 0) is 57.4 Å². The van der Waals surface area contributed by atoms with Gasteiger partial charge < -0.3 is 20.5 Å². The predicted octanol–water partition coefficient (Wildman–Crippen LogP) is 2.61. The number of anilines is 1. The van der Waals surface area contributed by atoms with Crippen LogP contribution in [0.1, 0.15) is 52.4 Å². The van der Waals surface area contributed by atoms with E-state index in [2.05, 4.69) is 16.0 Å². The number of carbonyl (C=O) groups excluding carboxylic acids is 4. The number of fused-ring (bicyclic) bond motifs is 1. The number of amides is 3. The number of halogens is 2. The van der Waals surface area contributed by atoms with Crippen LogP contribution in [0.2, 0.25) is 5.02 Å². The molecule has 0 aliphatic carbocycles. The number of benzene rings is 1. The summed E-state index contributed by atoms with van der Waals surface area (Å²) in [7, 11) is 1.43. The number of carbonyl (C=O) groups is 4. The van der Waals surface area contributed by atoms with E-state index in [0.717, 1.165) is 6.07 Å². The minimum Gasteiger partial charge on any atom is -0.357 e. The molecular formula is C22H24ClFN4O4. The van der Waals surface area contributed by atoms with E-state index < -0.39 is 34.9 Å². The van der Waals surface area contributed by atoms with Gasteiger partial charge in [-0.15, -0.1) is 0 Å². The van der Waals surface area contributed by atoms with E-state index in [0.29, 0.717) is 36.3 Å². The number of ketones is 1. The van der Waals surface area contributed by atoms with Crippen molar-refractivity contribution in [1.82, 2.24) is 15.2 Å². The third-order valence-corrected chi connectivity index (χ3v) is 5.75. The molecule has 0 saturated heterocycles. The Morgan fingerprint density at radius 3 is 2.50 bits per heavy atom. The van der Waals surface area contributed by atoms with Crippen molar-refractivity contribution in [2.45, 2.75) is 45.7 Å². The van der Waals surface area contributed by atoms with Gasteiger partial charge in [0.15, 0.2) is 0 Å². The normalized spacial score (nSPS) is 12.8. The Bertz CT molecular complexity index is 1140. The van der Waals surface area contributed by atoms with Crippen LogP contribution in [0.3, 0.4) is 0 Å². The zero-order valence-electron chi connectivity index (χ0n) is 18.2. The van der Waals surface area contributed by atoms with Crippen LogP contribution >= 0.6 is 11.6 Å². The van der Waals surface area contributed by atoms with E-state index in [-0.39, 0.29) is 16.3 Å². The Morgan fingerprint density at radius 1 is 1.19 bits per heavy atom. The number of hydrogen-bond donors (Lipinski definition) is 3. The molecule has 1 aliphatic heterocycles. The zero-order chi connectivity index (χ0) is 23.8. The van der Waals surface area contributed by atoms with Crippen molar-refractivity contribution < 1.29 is 23.6 Å². The fourth-order valence-electron chi connectivity index (χ4n) is 3.90. The second kappa shape index (κ2) is 8.74. The number of hydrogen-bond acceptors (Lipinski definition) is 4. The third kappa shape index (κ3) is 4.25. The molecular weight excluding hydrogens is 439 g/mol. The summed E-state index contributed by atoms with van der Waals surface area (Å²) < 4.78 is 15.1. The molecule has 3 rings (SSSR count). The minimum absolute atomic E-state index is 0.133. The van der Waals surface area contributed by atoms with Gasteiger partial charge in [-0.2, -0.15) is 0 Å². The second-order valence-corrected chi connectivity index (χ2v) is 8.53. The summed E-state index contributed by atoms with van der Waals surface area (Å²) in [6, 6.07) is 3.81. The lowest BCUT2D eigenvalue weighted by atomic mass is 10.00. The molecule has 3 N–H and O–H groups in total. The highest BCUT2D eigenvalue weighted by Gasteiger charge is 2.36. The zero-order valence-corrected chi connectivity index (χ0v) is 18.9. The molecule has 0 saturated carbocycles. The Labute approximate surface area is 189 Å². The molecule has 2 aromatic rings. The van der Waals surface area contributed by atoms with Crippen LogP contribution in [-0.2, 0) is 22.6 Å². The second-order valence-electron chi connectivity index (χ2n) is 8.12. The lowest BCUT2D eigenvalue weighted by molar-refractivity contribution is -0.130. The van der Waals surface area contributed by atoms with E-state index in [1.54, 1.807) is 11.5 Å². The molecule has 1 aliphatic rings. The molecule has 170 valence electrons. The Kier molecular flexibility index (Phi) is 6.41. The van der Waals surface area contributed by atoms with Crippen LogP contribution in [0.4, 0.5) is 10.1 Å². The van der Waals surface area contributed by atoms with E-state index in [1.807, 2.05) is 0 Å². The van der Waals surface area contributed by atoms with Gasteiger partial charge in [0.25, 0.3) is 17.6 Å². The Balaban J connectivity index is 1.92. The maximum absolute atomic E-state index is 13.4. The van der Waals surface area contributed by atoms with Crippen molar-refractivity contribution in [3.63, 3.8) is 0 Å². The van der Waals surface area contributed by atoms with Gasteiger partial charge in [-0.3, -0.25) is 19.2 Å². The van der Waals surface area contributed by atoms with Gasteiger partial charge in [0.2, 0.25) is 5.91 Å². The molecule has 10 heteroatoms. The summed E-state index contributed by atoms with van der Waals surface area (Å²) in [5, 5.41) is 7.42. The van der Waals surface area contributed by atoms with E-state index >= 15 is 0 Å². The van der Waals surface area contributed by atoms with Crippen molar-refractivity contribution in [3.05, 3.63) is 51.6 Å². The van der Waals surface area contributed by atoms with Crippen LogP contribution in [0.15, 0.2) is 18.2 Å². The lowest BCUT2D eigenvalue weighted by Gasteiger charge is -2.23. The average Bonchev–Trinajstić information content (AvgIpc) is 3.28. The molecule has 0 radical (unpaired) electrons. The quantitative estimate of drug-likeness (QED) is 0.453. The Hall–Kier alpha value is -3.20. The first-order valence-electron chi connectivity index (χ1n) is 10.0. The first-order valence-corrected chi connectivity index (χ1v) is 10.4. The van der Waals surface area contributed by atoms with Crippen molar-refractivity contribution in [1.29, 1.82) is 0 Å². The highest BCUT2D eigenvalue weighted by molar-refractivity contribution is 6.44. The van der Waals surface area contributed by atoms with Crippen LogP contribution in [0, 0.1) is 12.7 Å². The fraction of sp³-hybridized carbons (Fsp3) is 0.364. The lowest BCUT2D eigenvalue weighted by Crippen LogP contribution is -2.55. The molecule has 0 atom stereocenters. The Morgan fingerprint density at radius 2 is 1.88 bits per heavy atom. The van der Waals surface area contributed by atoms with Crippen molar-refractivity contribution >= 4 is 40.8 Å². The molecule has 3 amide bonds. The largest absolute Gasteiger partial charge is 0.357 e. The number of rotatable bonds is 6. The number of Topliss-reactive ketones (excluding diaryl/α,β-unsaturated/α-hetero) is 1. The highest BCUT2D eigenvalue weighted by atomic mass is 35.5. The van der Waals surface area contributed by atoms with Gasteiger partial charge in [-0.1, -0.05) is 11.6 Å². The molecule has 0 fully saturated rings. The summed E-state index contributed by atoms with van der Waals surface area (Å²) >= 11 is 5.79. The first kappa shape index (κ1) is 23.5. The van der Waals surface area contributed by atoms with Crippen molar-refractivity contribution in [2.75, 3.05) is 12.4 Å². The summed E-state index contributed by atoms with van der Waals surface area (Å²) in [5.41, 5.74) is 0.383. The maximum Gasteiger partial charge on any atom is 0.293 e. The smallest absolute Gasteiger partial charge is 0.293 e. The molecule has 1 aromatic heterocycles. The van der Waals surface area contributed by atoms with Gasteiger partial charge >= 0.3 is 0 Å². The highest BCUT2D eigenvalue weighted by Crippen LogP contribution is 2.30. The topological polar surface area (TPSA) is 109 Å². The van der Waals surface area contributed by atoms with Crippen molar-refractivity contribution in [2.24, 2.45) is 0 Å². The van der Waals surface area contributed by atoms with Crippen LogP contribution in [-0.4, -0.2) is 40.7 Å². The summed E-state index contributed by atoms with van der Waals surface area (Å²) in [6.07, 6.45) is 1.24. The van der Waals surface area contributed by atoms with E-state index in [1.165, 1.54) is 33.0 Å². The van der Waals surface area contributed by atoms with Crippen LogP contribution < -0.4 is 16.0 Å². The van der Waals surface area contributed by atoms with E-state index in [4.69, 9.17) is 11.6 Å². The summed E-state index contributed by atoms with van der Waals surface area (Å²) in [6.45, 7) is 5.09. The fourth-order valence-corrected chi connectivity index (χ4v) is 4.08. The predicted molar refractivity (Wildman–Crippen MR) is 117 cm³/mol. The number of nitrogens with zero attached hydrogens (tertiary/aromatic N) is 1. The number of nitrogens with one attached hydrogen (secondary N) is 3. The van der Waals surface area contributed by atoms with Crippen molar-refractivity contribution in [3.8, 4) is 0 Å². The molecule has 0 bridgehead atoms. The monoisotopic (exact) mass is 462 g/mol. The van der Waals surface area contributed by atoms with Gasteiger partial charge in [-0.25, -0.2) is 4.39 Å². The van der Waals surface area contributed by atoms with Gasteiger partial charge in [0, 0.05) is 25.0 Å². The van der Waals surface area contributed by atoms with E-state index in [9.17, 15) is 23.6 Å². The van der Waals surface area contributed by atoms with Crippen LogP contribution in [0.5, 0.6) is 0 Å². The molecule has 0 spiro atoms. The molecule has 2 heterocycles. The van der Waals surface area contributed by atoms with Gasteiger partial charge in [0.05, 0.1) is 10.6 Å².